The Kier molecular flexibility index (Phi) is 4.14. The summed E-state index contributed by atoms with van der Waals surface area (Å²) in [7, 11) is 1.08. The first-order valence-electron chi connectivity index (χ1n) is 4.86. The Labute approximate surface area is 96.6 Å². The van der Waals surface area contributed by atoms with Gasteiger partial charge in [-0.05, 0) is 6.07 Å². The molecule has 6 heteroatoms. The molecule has 1 rings (SSSR count). The molecule has 0 saturated heterocycles. The Bertz CT molecular complexity index is 460. The highest BCUT2D eigenvalue weighted by atomic mass is 19.1. The topological polar surface area (TPSA) is 55.4 Å². The smallest absolute Gasteiger partial charge is 0.340 e. The van der Waals surface area contributed by atoms with Gasteiger partial charge in [0, 0.05) is 12.5 Å². The molecule has 1 amide bonds. The van der Waals surface area contributed by atoms with Crippen LogP contribution in [0.4, 0.5) is 14.5 Å². The number of methoxy groups -OCH3 is 1. The number of rotatable bonds is 3. The van der Waals surface area contributed by atoms with E-state index in [0.717, 1.165) is 13.2 Å². The zero-order valence-electron chi connectivity index (χ0n) is 9.34. The minimum Gasteiger partial charge on any atom is -0.465 e. The van der Waals surface area contributed by atoms with Crippen molar-refractivity contribution in [3.05, 3.63) is 29.3 Å². The molecule has 0 saturated carbocycles. The number of esters is 1. The Morgan fingerprint density at radius 2 is 1.94 bits per heavy atom. The largest absolute Gasteiger partial charge is 0.465 e. The van der Waals surface area contributed by atoms with Gasteiger partial charge < -0.3 is 10.1 Å². The second-order valence-electron chi connectivity index (χ2n) is 3.21. The van der Waals surface area contributed by atoms with Gasteiger partial charge in [-0.25, -0.2) is 13.6 Å². The predicted molar refractivity (Wildman–Crippen MR) is 56.6 cm³/mol. The van der Waals surface area contributed by atoms with Gasteiger partial charge in [0.15, 0.2) is 0 Å². The van der Waals surface area contributed by atoms with Gasteiger partial charge >= 0.3 is 5.97 Å². The van der Waals surface area contributed by atoms with Crippen LogP contribution in [-0.4, -0.2) is 19.0 Å². The summed E-state index contributed by atoms with van der Waals surface area (Å²) in [5.41, 5.74) is -0.682. The summed E-state index contributed by atoms with van der Waals surface area (Å²) in [5, 5.41) is 2.22. The molecular formula is C11H11F2NO3. The quantitative estimate of drug-likeness (QED) is 0.827. The summed E-state index contributed by atoms with van der Waals surface area (Å²) in [6.45, 7) is 1.58. The summed E-state index contributed by atoms with van der Waals surface area (Å²) in [4.78, 5) is 22.2. The summed E-state index contributed by atoms with van der Waals surface area (Å²) < 4.78 is 30.9. The number of hydrogen-bond donors (Lipinski definition) is 1. The van der Waals surface area contributed by atoms with Crippen LogP contribution in [0.5, 0.6) is 0 Å². The van der Waals surface area contributed by atoms with E-state index < -0.39 is 29.1 Å². The maximum absolute atomic E-state index is 13.3. The maximum atomic E-state index is 13.3. The van der Waals surface area contributed by atoms with Crippen LogP contribution in [0.3, 0.4) is 0 Å². The molecular weight excluding hydrogens is 232 g/mol. The Morgan fingerprint density at radius 1 is 1.29 bits per heavy atom. The fourth-order valence-corrected chi connectivity index (χ4v) is 1.15. The van der Waals surface area contributed by atoms with Gasteiger partial charge in [-0.1, -0.05) is 6.92 Å². The fourth-order valence-electron chi connectivity index (χ4n) is 1.15. The molecule has 1 N–H and O–H groups in total. The molecule has 0 unspecified atom stereocenters. The van der Waals surface area contributed by atoms with Crippen LogP contribution in [0.2, 0.25) is 0 Å². The van der Waals surface area contributed by atoms with Gasteiger partial charge in [-0.3, -0.25) is 4.79 Å². The molecule has 0 radical (unpaired) electrons. The standard InChI is InChI=1S/C11H11F2NO3/c1-3-10(15)14-9-4-6(11(16)17-2)7(12)5-8(9)13/h4-5H,3H2,1-2H3,(H,14,15). The van der Waals surface area contributed by atoms with E-state index in [1.165, 1.54) is 0 Å². The normalized spacial score (nSPS) is 9.88. The number of carbonyl (C=O) groups excluding carboxylic acids is 2. The van der Waals surface area contributed by atoms with Crippen molar-refractivity contribution >= 4 is 17.6 Å². The third kappa shape index (κ3) is 2.99. The number of nitrogens with one attached hydrogen (secondary N) is 1. The van der Waals surface area contributed by atoms with E-state index in [1.54, 1.807) is 6.92 Å². The average molecular weight is 243 g/mol. The van der Waals surface area contributed by atoms with E-state index in [0.29, 0.717) is 6.07 Å². The molecule has 0 aliphatic carbocycles. The van der Waals surface area contributed by atoms with Crippen molar-refractivity contribution in [1.29, 1.82) is 0 Å². The number of ether oxygens (including phenoxy) is 1. The SMILES string of the molecule is CCC(=O)Nc1cc(C(=O)OC)c(F)cc1F. The molecule has 0 fully saturated rings. The first-order chi connectivity index (χ1) is 7.99. The molecule has 1 aromatic rings. The lowest BCUT2D eigenvalue weighted by molar-refractivity contribution is -0.115. The summed E-state index contributed by atoms with van der Waals surface area (Å²) >= 11 is 0. The lowest BCUT2D eigenvalue weighted by atomic mass is 10.1. The number of halogens is 2. The van der Waals surface area contributed by atoms with Crippen molar-refractivity contribution in [3.63, 3.8) is 0 Å². The zero-order valence-corrected chi connectivity index (χ0v) is 9.34. The van der Waals surface area contributed by atoms with Crippen molar-refractivity contribution in [2.24, 2.45) is 0 Å². The van der Waals surface area contributed by atoms with E-state index in [9.17, 15) is 18.4 Å². The van der Waals surface area contributed by atoms with Gasteiger partial charge in [0.05, 0.1) is 18.4 Å². The van der Waals surface area contributed by atoms with Crippen LogP contribution in [0.15, 0.2) is 12.1 Å². The number of benzene rings is 1. The highest BCUT2D eigenvalue weighted by Gasteiger charge is 2.17. The van der Waals surface area contributed by atoms with E-state index >= 15 is 0 Å². The number of hydrogen-bond acceptors (Lipinski definition) is 3. The van der Waals surface area contributed by atoms with E-state index in [4.69, 9.17) is 0 Å². The molecule has 4 nitrogen and oxygen atoms in total. The third-order valence-corrected chi connectivity index (χ3v) is 2.06. The summed E-state index contributed by atoms with van der Waals surface area (Å²) in [5.74, 6) is -3.36. The second-order valence-corrected chi connectivity index (χ2v) is 3.21. The van der Waals surface area contributed by atoms with Crippen LogP contribution in [0, 0.1) is 11.6 Å². The van der Waals surface area contributed by atoms with Gasteiger partial charge in [-0.2, -0.15) is 0 Å². The molecule has 1 aromatic carbocycles. The number of amides is 1. The fraction of sp³-hybridized carbons (Fsp3) is 0.273. The summed E-state index contributed by atoms with van der Waals surface area (Å²) in [6, 6.07) is 1.43. The summed E-state index contributed by atoms with van der Waals surface area (Å²) in [6.07, 6.45) is 0.143. The first kappa shape index (κ1) is 13.1. The monoisotopic (exact) mass is 243 g/mol. The average Bonchev–Trinajstić information content (AvgIpc) is 2.31. The predicted octanol–water partition coefficient (Wildman–Crippen LogP) is 2.10. The van der Waals surface area contributed by atoms with Crippen LogP contribution in [-0.2, 0) is 9.53 Å². The molecule has 92 valence electrons. The van der Waals surface area contributed by atoms with Crippen molar-refractivity contribution in [2.45, 2.75) is 13.3 Å². The van der Waals surface area contributed by atoms with Gasteiger partial charge in [0.25, 0.3) is 0 Å². The molecule has 0 atom stereocenters. The van der Waals surface area contributed by atoms with Gasteiger partial charge in [0.2, 0.25) is 5.91 Å². The van der Waals surface area contributed by atoms with Crippen LogP contribution < -0.4 is 5.32 Å². The lowest BCUT2D eigenvalue weighted by Crippen LogP contribution is -2.13. The van der Waals surface area contributed by atoms with E-state index in [-0.39, 0.29) is 12.1 Å². The molecule has 0 aromatic heterocycles. The molecule has 0 aliphatic rings. The van der Waals surface area contributed by atoms with E-state index in [1.807, 2.05) is 0 Å². The molecule has 0 bridgehead atoms. The van der Waals surface area contributed by atoms with Crippen LogP contribution >= 0.6 is 0 Å². The Morgan fingerprint density at radius 3 is 2.47 bits per heavy atom. The molecule has 0 spiro atoms. The van der Waals surface area contributed by atoms with Crippen molar-refractivity contribution < 1.29 is 23.1 Å². The van der Waals surface area contributed by atoms with Crippen LogP contribution in [0.25, 0.3) is 0 Å². The van der Waals surface area contributed by atoms with Crippen molar-refractivity contribution in [1.82, 2.24) is 0 Å². The zero-order chi connectivity index (χ0) is 13.0. The Balaban J connectivity index is 3.14. The van der Waals surface area contributed by atoms with Gasteiger partial charge in [0.1, 0.15) is 11.6 Å². The lowest BCUT2D eigenvalue weighted by Gasteiger charge is -2.08. The van der Waals surface area contributed by atoms with Crippen LogP contribution in [0.1, 0.15) is 23.7 Å². The molecule has 0 aliphatic heterocycles. The number of anilines is 1. The second kappa shape index (κ2) is 5.38. The highest BCUT2D eigenvalue weighted by molar-refractivity contribution is 5.94. The van der Waals surface area contributed by atoms with Crippen molar-refractivity contribution in [2.75, 3.05) is 12.4 Å². The third-order valence-electron chi connectivity index (χ3n) is 2.06. The number of carbonyl (C=O) groups is 2. The van der Waals surface area contributed by atoms with Gasteiger partial charge in [-0.15, -0.1) is 0 Å². The molecule has 0 heterocycles. The minimum atomic E-state index is -1.04. The van der Waals surface area contributed by atoms with E-state index in [2.05, 4.69) is 10.1 Å². The Hall–Kier alpha value is -1.98. The highest BCUT2D eigenvalue weighted by Crippen LogP contribution is 2.20. The minimum absolute atomic E-state index is 0.143. The first-order valence-corrected chi connectivity index (χ1v) is 4.86. The van der Waals surface area contributed by atoms with Crippen molar-refractivity contribution in [3.8, 4) is 0 Å². The molecule has 17 heavy (non-hydrogen) atoms. The maximum Gasteiger partial charge on any atom is 0.340 e.